The Labute approximate surface area is 52.6 Å². The van der Waals surface area contributed by atoms with E-state index in [0.29, 0.717) is 0 Å². The Hall–Kier alpha value is -0.390. The van der Waals surface area contributed by atoms with E-state index >= 15 is 0 Å². The van der Waals surface area contributed by atoms with Crippen molar-refractivity contribution in [1.29, 1.82) is 0 Å². The van der Waals surface area contributed by atoms with Crippen molar-refractivity contribution in [1.82, 2.24) is 0 Å². The van der Waals surface area contributed by atoms with Crippen molar-refractivity contribution in [2.45, 2.75) is 25.7 Å². The molecular weight excluding hydrogens is 96.1 g/mol. The lowest BCUT2D eigenvalue weighted by Gasteiger charge is -1.94. The van der Waals surface area contributed by atoms with Gasteiger partial charge in [-0.3, -0.25) is 0 Å². The predicted molar refractivity (Wildman–Crippen MR) is 38.3 cm³/mol. The van der Waals surface area contributed by atoms with Gasteiger partial charge in [0.2, 0.25) is 0 Å². The summed E-state index contributed by atoms with van der Waals surface area (Å²) in [6, 6.07) is 0. The van der Waals surface area contributed by atoms with Crippen LogP contribution in [0.5, 0.6) is 0 Å². The fraction of sp³-hybridized carbons (Fsp3) is 0.500. The van der Waals surface area contributed by atoms with Crippen molar-refractivity contribution >= 4 is 0 Å². The third-order valence-electron chi connectivity index (χ3n) is 1.03. The minimum Gasteiger partial charge on any atom is -0.343 e. The number of rotatable bonds is 4. The van der Waals surface area contributed by atoms with Crippen LogP contribution < -0.4 is 0 Å². The van der Waals surface area contributed by atoms with Crippen molar-refractivity contribution in [3.63, 3.8) is 0 Å². The van der Waals surface area contributed by atoms with Gasteiger partial charge in [-0.05, 0) is 6.42 Å². The molecule has 0 rings (SSSR count). The van der Waals surface area contributed by atoms with Gasteiger partial charge in [0.15, 0.2) is 0 Å². The first kappa shape index (κ1) is 7.61. The first-order valence-corrected chi connectivity index (χ1v) is 3.06. The van der Waals surface area contributed by atoms with E-state index in [4.69, 9.17) is 0 Å². The highest BCUT2D eigenvalue weighted by atomic mass is 13.9. The molecule has 8 heavy (non-hydrogen) atoms. The van der Waals surface area contributed by atoms with Gasteiger partial charge in [-0.2, -0.15) is 6.42 Å². The van der Waals surface area contributed by atoms with E-state index in [2.05, 4.69) is 20.4 Å². The number of hydrogen-bond donors (Lipinski definition) is 0. The molecule has 0 amide bonds. The lowest BCUT2D eigenvalue weighted by Crippen LogP contribution is -1.75. The zero-order chi connectivity index (χ0) is 6.41. The van der Waals surface area contributed by atoms with E-state index in [0.717, 1.165) is 18.4 Å². The standard InChI is InChI=1S/C8H14/c1-4-5-6-7-8(2)3/h1-7H2. The molecule has 0 saturated carbocycles. The highest BCUT2D eigenvalue weighted by molar-refractivity contribution is 4.96. The molecule has 0 atom stereocenters. The summed E-state index contributed by atoms with van der Waals surface area (Å²) in [5, 5.41) is 0. The van der Waals surface area contributed by atoms with Crippen LogP contribution in [0, 0.1) is 13.8 Å². The van der Waals surface area contributed by atoms with Crippen LogP contribution in [0.3, 0.4) is 0 Å². The average molecular weight is 110 g/mol. The molecule has 0 N–H and O–H groups in total. The Morgan fingerprint density at radius 2 is 2.12 bits per heavy atom. The highest BCUT2D eigenvalue weighted by Gasteiger charge is 1.88. The van der Waals surface area contributed by atoms with Crippen molar-refractivity contribution in [2.24, 2.45) is 0 Å². The third-order valence-corrected chi connectivity index (χ3v) is 1.03. The predicted octanol–water partition coefficient (Wildman–Crippen LogP) is 2.77. The summed E-state index contributed by atoms with van der Waals surface area (Å²) >= 11 is 0. The van der Waals surface area contributed by atoms with Crippen LogP contribution in [-0.2, 0) is 0 Å². The molecule has 0 fully saturated rings. The fourth-order valence-corrected chi connectivity index (χ4v) is 0.552. The van der Waals surface area contributed by atoms with Crippen LogP contribution in [0.4, 0.5) is 0 Å². The lowest BCUT2D eigenvalue weighted by atomic mass is 10.1. The van der Waals surface area contributed by atoms with E-state index in [1.165, 1.54) is 12.8 Å². The minimum absolute atomic E-state index is 1.04. The Balaban J connectivity index is 2.82. The van der Waals surface area contributed by atoms with Gasteiger partial charge in [-0.1, -0.05) is 6.42 Å². The summed E-state index contributed by atoms with van der Waals surface area (Å²) in [5.74, 6) is 0. The molecule has 0 aliphatic carbocycles. The number of unbranched alkanes of at least 4 members (excludes halogenated alkanes) is 2. The molecule has 0 radical (unpaired) electrons. The minimum atomic E-state index is 1.04. The second-order valence-electron chi connectivity index (χ2n) is 2.06. The molecule has 0 spiro atoms. The molecule has 46 valence electrons. The van der Waals surface area contributed by atoms with Gasteiger partial charge in [0.25, 0.3) is 0 Å². The average Bonchev–Trinajstić information content (AvgIpc) is 1.66. The summed E-state index contributed by atoms with van der Waals surface area (Å²) in [6.45, 7) is 11.1. The molecule has 0 aromatic rings. The van der Waals surface area contributed by atoms with Gasteiger partial charge in [0, 0.05) is 19.9 Å². The maximum atomic E-state index is 3.73. The van der Waals surface area contributed by atoms with Crippen LogP contribution in [0.15, 0.2) is 12.2 Å². The molecular formula is C8H14. The summed E-state index contributed by atoms with van der Waals surface area (Å²) in [4.78, 5) is 0. The van der Waals surface area contributed by atoms with Crippen molar-refractivity contribution in [3.8, 4) is 0 Å². The first-order valence-electron chi connectivity index (χ1n) is 3.06. The zero-order valence-corrected chi connectivity index (χ0v) is 5.45. The van der Waals surface area contributed by atoms with Crippen molar-refractivity contribution in [2.75, 3.05) is 0 Å². The Morgan fingerprint density at radius 3 is 2.50 bits per heavy atom. The molecule has 0 bridgehead atoms. The Bertz CT molecular complexity index is 62.4. The van der Waals surface area contributed by atoms with Gasteiger partial charge in [0.05, 0.1) is 5.57 Å². The lowest BCUT2D eigenvalue weighted by molar-refractivity contribution is 0.749. The molecule has 0 aromatic carbocycles. The van der Waals surface area contributed by atoms with Crippen molar-refractivity contribution in [3.05, 3.63) is 26.0 Å². The number of allylic oxidation sites excluding steroid dienone is 1. The second kappa shape index (κ2) is 4.76. The van der Waals surface area contributed by atoms with Crippen LogP contribution >= 0.6 is 0 Å². The maximum Gasteiger partial charge on any atom is 0.0964 e. The van der Waals surface area contributed by atoms with Crippen LogP contribution in [0.25, 0.3) is 0 Å². The molecule has 0 saturated heterocycles. The van der Waals surface area contributed by atoms with Gasteiger partial charge >= 0.3 is 0 Å². The molecule has 0 aliphatic heterocycles. The normalized spacial score (nSPS) is 9.12. The van der Waals surface area contributed by atoms with Gasteiger partial charge in [0.1, 0.15) is 0 Å². The van der Waals surface area contributed by atoms with Gasteiger partial charge in [-0.25, -0.2) is 0 Å². The molecule has 0 heterocycles. The van der Waals surface area contributed by atoms with Gasteiger partial charge < -0.3 is 6.92 Å². The van der Waals surface area contributed by atoms with E-state index in [9.17, 15) is 0 Å². The first-order chi connectivity index (χ1) is 3.77. The van der Waals surface area contributed by atoms with E-state index in [-0.39, 0.29) is 0 Å². The molecule has 0 unspecified atom stereocenters. The fourth-order valence-electron chi connectivity index (χ4n) is 0.552. The summed E-state index contributed by atoms with van der Waals surface area (Å²) in [7, 11) is 0. The smallest absolute Gasteiger partial charge is 0.0964 e. The largest absolute Gasteiger partial charge is 0.343 e. The molecule has 0 heteroatoms. The van der Waals surface area contributed by atoms with Crippen LogP contribution in [-0.4, -0.2) is 0 Å². The second-order valence-corrected chi connectivity index (χ2v) is 2.06. The zero-order valence-electron chi connectivity index (χ0n) is 5.45. The van der Waals surface area contributed by atoms with Crippen molar-refractivity contribution < 1.29 is 0 Å². The quantitative estimate of drug-likeness (QED) is 0.385. The molecule has 0 aliphatic rings. The van der Waals surface area contributed by atoms with E-state index in [1.54, 1.807) is 0 Å². The summed E-state index contributed by atoms with van der Waals surface area (Å²) in [5.41, 5.74) is 1.04. The Morgan fingerprint density at radius 1 is 1.50 bits per heavy atom. The summed E-state index contributed by atoms with van der Waals surface area (Å²) < 4.78 is 0. The van der Waals surface area contributed by atoms with Gasteiger partial charge in [-0.15, -0.1) is 0 Å². The van der Waals surface area contributed by atoms with E-state index in [1.807, 2.05) is 0 Å². The highest BCUT2D eigenvalue weighted by Crippen LogP contribution is 2.04. The van der Waals surface area contributed by atoms with Crippen LogP contribution in [0.1, 0.15) is 25.7 Å². The Kier molecular flexibility index (Phi) is 4.53. The maximum absolute atomic E-state index is 3.73. The molecule has 0 aromatic heterocycles. The van der Waals surface area contributed by atoms with Crippen LogP contribution in [0.2, 0.25) is 0 Å². The SMILES string of the molecule is C=C([CH2+])CCCC[CH2-]. The summed E-state index contributed by atoms with van der Waals surface area (Å²) in [6.07, 6.45) is 4.50. The monoisotopic (exact) mass is 110 g/mol. The van der Waals surface area contributed by atoms with E-state index < -0.39 is 0 Å². The topological polar surface area (TPSA) is 0 Å². The third kappa shape index (κ3) is 5.61. The molecule has 0 nitrogen and oxygen atoms in total. The number of hydrogen-bond acceptors (Lipinski definition) is 0.